The van der Waals surface area contributed by atoms with Crippen molar-refractivity contribution in [1.29, 1.82) is 0 Å². The molecule has 0 atom stereocenters. The SMILES string of the molecule is Cc1ccc(NC(=O)CN(C)C(=O)COC(=O)c2ccc(-n3nc(C)cc3C)nc2)cc1. The zero-order chi connectivity index (χ0) is 23.3. The second-order valence-electron chi connectivity index (χ2n) is 7.48. The highest BCUT2D eigenvalue weighted by atomic mass is 16.5. The molecule has 0 fully saturated rings. The third-order valence-corrected chi connectivity index (χ3v) is 4.68. The van der Waals surface area contributed by atoms with E-state index in [1.165, 1.54) is 18.1 Å². The molecule has 2 aromatic heterocycles. The molecule has 3 rings (SSSR count). The van der Waals surface area contributed by atoms with Gasteiger partial charge in [0.1, 0.15) is 0 Å². The summed E-state index contributed by atoms with van der Waals surface area (Å²) in [6, 6.07) is 12.5. The number of anilines is 1. The van der Waals surface area contributed by atoms with Crippen molar-refractivity contribution in [3.63, 3.8) is 0 Å². The Bertz CT molecular complexity index is 1120. The fourth-order valence-corrected chi connectivity index (χ4v) is 2.95. The smallest absolute Gasteiger partial charge is 0.340 e. The summed E-state index contributed by atoms with van der Waals surface area (Å²) in [6.07, 6.45) is 1.37. The summed E-state index contributed by atoms with van der Waals surface area (Å²) in [6.45, 7) is 5.10. The Balaban J connectivity index is 1.49. The summed E-state index contributed by atoms with van der Waals surface area (Å²) >= 11 is 0. The minimum atomic E-state index is -0.678. The van der Waals surface area contributed by atoms with Gasteiger partial charge in [-0.25, -0.2) is 14.5 Å². The molecule has 1 aromatic carbocycles. The molecule has 0 unspecified atom stereocenters. The Kier molecular flexibility index (Phi) is 6.99. The highest BCUT2D eigenvalue weighted by Gasteiger charge is 2.17. The molecule has 0 radical (unpaired) electrons. The van der Waals surface area contributed by atoms with Crippen LogP contribution in [0.4, 0.5) is 5.69 Å². The third kappa shape index (κ3) is 5.78. The van der Waals surface area contributed by atoms with Crippen LogP contribution in [-0.2, 0) is 14.3 Å². The van der Waals surface area contributed by atoms with Crippen molar-refractivity contribution >= 4 is 23.5 Å². The number of likely N-dealkylation sites (N-methyl/N-ethyl adjacent to an activating group) is 1. The number of ether oxygens (including phenoxy) is 1. The van der Waals surface area contributed by atoms with Crippen LogP contribution in [0.15, 0.2) is 48.7 Å². The Morgan fingerprint density at radius 2 is 1.78 bits per heavy atom. The van der Waals surface area contributed by atoms with E-state index in [2.05, 4.69) is 15.4 Å². The maximum Gasteiger partial charge on any atom is 0.340 e. The lowest BCUT2D eigenvalue weighted by Crippen LogP contribution is -2.37. The van der Waals surface area contributed by atoms with Crippen LogP contribution in [0.1, 0.15) is 27.3 Å². The van der Waals surface area contributed by atoms with E-state index >= 15 is 0 Å². The number of aryl methyl sites for hydroxylation is 3. The van der Waals surface area contributed by atoms with Gasteiger partial charge in [-0.1, -0.05) is 17.7 Å². The van der Waals surface area contributed by atoms with E-state index in [0.29, 0.717) is 11.5 Å². The second kappa shape index (κ2) is 9.86. The minimum Gasteiger partial charge on any atom is -0.452 e. The molecule has 9 heteroatoms. The number of hydrogen-bond acceptors (Lipinski definition) is 6. The number of esters is 1. The zero-order valence-electron chi connectivity index (χ0n) is 18.5. The Labute approximate surface area is 186 Å². The molecule has 2 heterocycles. The number of nitrogens with zero attached hydrogens (tertiary/aromatic N) is 4. The van der Waals surface area contributed by atoms with Crippen molar-refractivity contribution in [2.75, 3.05) is 25.5 Å². The molecule has 0 bridgehead atoms. The number of hydrogen-bond donors (Lipinski definition) is 1. The molecule has 2 amide bonds. The van der Waals surface area contributed by atoms with E-state index in [1.54, 1.807) is 28.9 Å². The van der Waals surface area contributed by atoms with E-state index in [0.717, 1.165) is 17.0 Å². The number of benzene rings is 1. The first kappa shape index (κ1) is 22.7. The number of pyridine rings is 1. The molecule has 1 N–H and O–H groups in total. The first-order valence-electron chi connectivity index (χ1n) is 10.0. The van der Waals surface area contributed by atoms with Gasteiger partial charge in [0.25, 0.3) is 5.91 Å². The molecule has 0 saturated heterocycles. The summed E-state index contributed by atoms with van der Waals surface area (Å²) in [4.78, 5) is 42.0. The number of amides is 2. The molecule has 0 spiro atoms. The molecule has 0 aliphatic rings. The van der Waals surface area contributed by atoms with Gasteiger partial charge >= 0.3 is 5.97 Å². The molecule has 0 aliphatic carbocycles. The molecule has 0 saturated carbocycles. The van der Waals surface area contributed by atoms with Gasteiger partial charge in [0.05, 0.1) is 17.8 Å². The van der Waals surface area contributed by atoms with Crippen molar-refractivity contribution < 1.29 is 19.1 Å². The highest BCUT2D eigenvalue weighted by molar-refractivity contribution is 5.95. The zero-order valence-corrected chi connectivity index (χ0v) is 18.5. The summed E-state index contributed by atoms with van der Waals surface area (Å²) in [7, 11) is 1.47. The number of carbonyl (C=O) groups excluding carboxylic acids is 3. The van der Waals surface area contributed by atoms with Gasteiger partial charge in [-0.15, -0.1) is 0 Å². The van der Waals surface area contributed by atoms with E-state index in [-0.39, 0.29) is 18.0 Å². The highest BCUT2D eigenvalue weighted by Crippen LogP contribution is 2.11. The topological polar surface area (TPSA) is 106 Å². The maximum absolute atomic E-state index is 12.2. The van der Waals surface area contributed by atoms with Crippen molar-refractivity contribution in [2.24, 2.45) is 0 Å². The Morgan fingerprint density at radius 3 is 2.38 bits per heavy atom. The normalized spacial score (nSPS) is 10.5. The van der Waals surface area contributed by atoms with E-state index < -0.39 is 18.5 Å². The van der Waals surface area contributed by atoms with Crippen LogP contribution in [0.2, 0.25) is 0 Å². The van der Waals surface area contributed by atoms with Gasteiger partial charge in [0, 0.05) is 24.6 Å². The first-order valence-corrected chi connectivity index (χ1v) is 10.0. The van der Waals surface area contributed by atoms with Crippen LogP contribution in [0.25, 0.3) is 5.82 Å². The summed E-state index contributed by atoms with van der Waals surface area (Å²) in [5.41, 5.74) is 3.72. The van der Waals surface area contributed by atoms with Crippen molar-refractivity contribution in [3.05, 3.63) is 71.2 Å². The van der Waals surface area contributed by atoms with Crippen LogP contribution in [0.5, 0.6) is 0 Å². The lowest BCUT2D eigenvalue weighted by atomic mass is 10.2. The Morgan fingerprint density at radius 1 is 1.06 bits per heavy atom. The number of nitrogens with one attached hydrogen (secondary N) is 1. The molecule has 9 nitrogen and oxygen atoms in total. The largest absolute Gasteiger partial charge is 0.452 e. The summed E-state index contributed by atoms with van der Waals surface area (Å²) in [5.74, 6) is -0.949. The van der Waals surface area contributed by atoms with Crippen molar-refractivity contribution in [3.8, 4) is 5.82 Å². The number of carbonyl (C=O) groups is 3. The molecule has 166 valence electrons. The number of rotatable bonds is 7. The van der Waals surface area contributed by atoms with Gasteiger partial charge < -0.3 is 15.0 Å². The van der Waals surface area contributed by atoms with Crippen LogP contribution in [-0.4, -0.2) is 57.6 Å². The van der Waals surface area contributed by atoms with Crippen LogP contribution in [0, 0.1) is 20.8 Å². The summed E-state index contributed by atoms with van der Waals surface area (Å²) in [5, 5.41) is 7.06. The van der Waals surface area contributed by atoms with E-state index in [1.807, 2.05) is 39.0 Å². The van der Waals surface area contributed by atoms with E-state index in [9.17, 15) is 14.4 Å². The average Bonchev–Trinajstić information content (AvgIpc) is 3.11. The van der Waals surface area contributed by atoms with Gasteiger partial charge in [-0.2, -0.15) is 5.10 Å². The predicted molar refractivity (Wildman–Crippen MR) is 119 cm³/mol. The fourth-order valence-electron chi connectivity index (χ4n) is 2.95. The quantitative estimate of drug-likeness (QED) is 0.572. The van der Waals surface area contributed by atoms with Crippen molar-refractivity contribution in [1.82, 2.24) is 19.7 Å². The third-order valence-electron chi connectivity index (χ3n) is 4.68. The fraction of sp³-hybridized carbons (Fsp3) is 0.261. The second-order valence-corrected chi connectivity index (χ2v) is 7.48. The van der Waals surface area contributed by atoms with E-state index in [4.69, 9.17) is 4.74 Å². The monoisotopic (exact) mass is 435 g/mol. The average molecular weight is 435 g/mol. The molecule has 3 aromatic rings. The van der Waals surface area contributed by atoms with Gasteiger partial charge in [-0.05, 0) is 51.1 Å². The van der Waals surface area contributed by atoms with Crippen LogP contribution >= 0.6 is 0 Å². The molecule has 0 aliphatic heterocycles. The van der Waals surface area contributed by atoms with Crippen LogP contribution < -0.4 is 5.32 Å². The predicted octanol–water partition coefficient (Wildman–Crippen LogP) is 2.45. The van der Waals surface area contributed by atoms with Gasteiger partial charge in [0.2, 0.25) is 5.91 Å². The Hall–Kier alpha value is -4.01. The van der Waals surface area contributed by atoms with Gasteiger partial charge in [-0.3, -0.25) is 9.59 Å². The van der Waals surface area contributed by atoms with Crippen molar-refractivity contribution in [2.45, 2.75) is 20.8 Å². The standard InChI is InChI=1S/C23H25N5O4/c1-15-5-8-19(9-6-15)25-21(29)13-27(4)22(30)14-32-23(31)18-7-10-20(24-12-18)28-17(3)11-16(2)26-28/h5-12H,13-14H2,1-4H3,(H,25,29). The lowest BCUT2D eigenvalue weighted by Gasteiger charge is -2.17. The molecular weight excluding hydrogens is 410 g/mol. The lowest BCUT2D eigenvalue weighted by molar-refractivity contribution is -0.136. The molecular formula is C23H25N5O4. The minimum absolute atomic E-state index is 0.164. The van der Waals surface area contributed by atoms with Crippen LogP contribution in [0.3, 0.4) is 0 Å². The first-order chi connectivity index (χ1) is 15.2. The maximum atomic E-state index is 12.2. The summed E-state index contributed by atoms with van der Waals surface area (Å²) < 4.78 is 6.74. The van der Waals surface area contributed by atoms with Gasteiger partial charge in [0.15, 0.2) is 12.4 Å². The number of aromatic nitrogens is 3. The molecule has 32 heavy (non-hydrogen) atoms.